The van der Waals surface area contributed by atoms with E-state index in [0.717, 1.165) is 11.4 Å². The molecule has 0 aliphatic heterocycles. The standard InChI is InChI=1S/C10H11NO2S/c12-6-1-7-13-10-4-2-9(3-5-10)11-8-14/h2-5,12H,1,6-7H2. The third-order valence-electron chi connectivity index (χ3n) is 1.58. The molecule has 0 fully saturated rings. The first-order valence-corrected chi connectivity index (χ1v) is 4.69. The fraction of sp³-hybridized carbons (Fsp3) is 0.300. The van der Waals surface area contributed by atoms with E-state index < -0.39 is 0 Å². The average molecular weight is 209 g/mol. The van der Waals surface area contributed by atoms with E-state index in [1.165, 1.54) is 0 Å². The molecule has 0 amide bonds. The van der Waals surface area contributed by atoms with Crippen LogP contribution in [0.15, 0.2) is 29.3 Å². The molecule has 1 N–H and O–H groups in total. The summed E-state index contributed by atoms with van der Waals surface area (Å²) < 4.78 is 5.33. The second-order valence-corrected chi connectivity index (χ2v) is 2.81. The number of nitrogens with zero attached hydrogens (tertiary/aromatic N) is 1. The molecular weight excluding hydrogens is 198 g/mol. The van der Waals surface area contributed by atoms with Crippen LogP contribution in [0.4, 0.5) is 5.69 Å². The third-order valence-corrected chi connectivity index (χ3v) is 1.67. The molecule has 0 aliphatic carbocycles. The summed E-state index contributed by atoms with van der Waals surface area (Å²) >= 11 is 4.48. The number of rotatable bonds is 5. The molecule has 1 rings (SSSR count). The van der Waals surface area contributed by atoms with Crippen LogP contribution in [0.2, 0.25) is 0 Å². The lowest BCUT2D eigenvalue weighted by atomic mass is 10.3. The maximum absolute atomic E-state index is 8.54. The second kappa shape index (κ2) is 6.27. The van der Waals surface area contributed by atoms with Crippen LogP contribution in [0, 0.1) is 0 Å². The summed E-state index contributed by atoms with van der Waals surface area (Å²) in [5.74, 6) is 0.766. The van der Waals surface area contributed by atoms with Crippen LogP contribution < -0.4 is 4.74 Å². The minimum Gasteiger partial charge on any atom is -0.494 e. The molecule has 74 valence electrons. The van der Waals surface area contributed by atoms with Crippen molar-refractivity contribution in [2.75, 3.05) is 13.2 Å². The molecule has 3 nitrogen and oxygen atoms in total. The zero-order chi connectivity index (χ0) is 10.2. The summed E-state index contributed by atoms with van der Waals surface area (Å²) in [6.07, 6.45) is 0.639. The van der Waals surface area contributed by atoms with Gasteiger partial charge in [-0.2, -0.15) is 4.99 Å². The first kappa shape index (κ1) is 10.9. The van der Waals surface area contributed by atoms with Crippen molar-refractivity contribution in [2.24, 2.45) is 4.99 Å². The van der Waals surface area contributed by atoms with Gasteiger partial charge >= 0.3 is 0 Å². The molecule has 1 aromatic rings. The predicted octanol–water partition coefficient (Wildman–Crippen LogP) is 2.18. The van der Waals surface area contributed by atoms with Gasteiger partial charge in [-0.25, -0.2) is 0 Å². The molecule has 0 atom stereocenters. The van der Waals surface area contributed by atoms with E-state index in [-0.39, 0.29) is 6.61 Å². The molecule has 0 radical (unpaired) electrons. The average Bonchev–Trinajstić information content (AvgIpc) is 2.21. The van der Waals surface area contributed by atoms with Gasteiger partial charge in [-0.3, -0.25) is 0 Å². The molecule has 0 unspecified atom stereocenters. The van der Waals surface area contributed by atoms with Crippen molar-refractivity contribution in [1.29, 1.82) is 0 Å². The summed E-state index contributed by atoms with van der Waals surface area (Å²) in [6, 6.07) is 7.22. The molecule has 0 saturated heterocycles. The Morgan fingerprint density at radius 3 is 2.64 bits per heavy atom. The fourth-order valence-corrected chi connectivity index (χ4v) is 1.03. The van der Waals surface area contributed by atoms with Gasteiger partial charge in [0.05, 0.1) is 17.5 Å². The first-order valence-electron chi connectivity index (χ1n) is 4.28. The quantitative estimate of drug-likeness (QED) is 0.459. The fourth-order valence-electron chi connectivity index (χ4n) is 0.924. The third kappa shape index (κ3) is 3.66. The maximum atomic E-state index is 8.54. The van der Waals surface area contributed by atoms with Crippen molar-refractivity contribution in [3.8, 4) is 5.75 Å². The van der Waals surface area contributed by atoms with Crippen LogP contribution in [0.5, 0.6) is 5.75 Å². The van der Waals surface area contributed by atoms with E-state index in [2.05, 4.69) is 22.4 Å². The van der Waals surface area contributed by atoms with E-state index in [0.29, 0.717) is 13.0 Å². The van der Waals surface area contributed by atoms with E-state index in [9.17, 15) is 0 Å². The van der Waals surface area contributed by atoms with E-state index in [1.807, 2.05) is 12.1 Å². The number of benzene rings is 1. The zero-order valence-corrected chi connectivity index (χ0v) is 8.46. The van der Waals surface area contributed by atoms with Crippen molar-refractivity contribution >= 4 is 23.1 Å². The van der Waals surface area contributed by atoms with Crippen molar-refractivity contribution in [2.45, 2.75) is 6.42 Å². The molecule has 0 heterocycles. The molecule has 0 aliphatic rings. The summed E-state index contributed by atoms with van der Waals surface area (Å²) in [5, 5.41) is 10.8. The topological polar surface area (TPSA) is 41.8 Å². The predicted molar refractivity (Wildman–Crippen MR) is 58.3 cm³/mol. The Hall–Kier alpha value is -1.22. The summed E-state index contributed by atoms with van der Waals surface area (Å²) in [5.41, 5.74) is 0.759. The van der Waals surface area contributed by atoms with Crippen LogP contribution in [-0.4, -0.2) is 23.5 Å². The second-order valence-electron chi connectivity index (χ2n) is 2.62. The van der Waals surface area contributed by atoms with Gasteiger partial charge in [-0.15, -0.1) is 0 Å². The normalized spacial score (nSPS) is 9.21. The molecular formula is C10H11NO2S. The number of ether oxygens (including phenoxy) is 1. The van der Waals surface area contributed by atoms with Gasteiger partial charge in [0, 0.05) is 13.0 Å². The monoisotopic (exact) mass is 209 g/mol. The molecule has 0 spiro atoms. The van der Waals surface area contributed by atoms with E-state index >= 15 is 0 Å². The van der Waals surface area contributed by atoms with Crippen LogP contribution in [0.3, 0.4) is 0 Å². The number of aliphatic hydroxyl groups excluding tert-OH is 1. The van der Waals surface area contributed by atoms with Crippen molar-refractivity contribution in [1.82, 2.24) is 0 Å². The highest BCUT2D eigenvalue weighted by atomic mass is 32.1. The maximum Gasteiger partial charge on any atom is 0.119 e. The van der Waals surface area contributed by atoms with Gasteiger partial charge in [0.25, 0.3) is 0 Å². The van der Waals surface area contributed by atoms with Crippen molar-refractivity contribution < 1.29 is 9.84 Å². The smallest absolute Gasteiger partial charge is 0.119 e. The highest BCUT2D eigenvalue weighted by Gasteiger charge is 1.93. The van der Waals surface area contributed by atoms with E-state index in [4.69, 9.17) is 9.84 Å². The first-order chi connectivity index (χ1) is 6.86. The minimum absolute atomic E-state index is 0.146. The van der Waals surface area contributed by atoms with Crippen LogP contribution in [0.1, 0.15) is 6.42 Å². The highest BCUT2D eigenvalue weighted by molar-refractivity contribution is 7.78. The molecule has 0 bridgehead atoms. The number of aliphatic imine (C=N–C) groups is 1. The zero-order valence-electron chi connectivity index (χ0n) is 7.64. The van der Waals surface area contributed by atoms with Gasteiger partial charge in [0.1, 0.15) is 5.75 Å². The van der Waals surface area contributed by atoms with Crippen LogP contribution in [0.25, 0.3) is 0 Å². The largest absolute Gasteiger partial charge is 0.494 e. The summed E-state index contributed by atoms with van der Waals surface area (Å²) in [7, 11) is 0. The van der Waals surface area contributed by atoms with Gasteiger partial charge < -0.3 is 9.84 Å². The van der Waals surface area contributed by atoms with E-state index in [1.54, 1.807) is 12.1 Å². The van der Waals surface area contributed by atoms with Gasteiger partial charge in [0.2, 0.25) is 0 Å². The van der Waals surface area contributed by atoms with Crippen molar-refractivity contribution in [3.05, 3.63) is 24.3 Å². The molecule has 0 aromatic heterocycles. The Morgan fingerprint density at radius 2 is 2.07 bits per heavy atom. The Balaban J connectivity index is 2.50. The van der Waals surface area contributed by atoms with Gasteiger partial charge in [-0.05, 0) is 36.5 Å². The number of hydrogen-bond donors (Lipinski definition) is 1. The lowest BCUT2D eigenvalue weighted by Crippen LogP contribution is -1.99. The Morgan fingerprint density at radius 1 is 1.36 bits per heavy atom. The van der Waals surface area contributed by atoms with Crippen molar-refractivity contribution in [3.63, 3.8) is 0 Å². The Kier molecular flexibility index (Phi) is 4.86. The number of thiocarbonyl (C=S) groups is 1. The lowest BCUT2D eigenvalue weighted by molar-refractivity contribution is 0.233. The summed E-state index contributed by atoms with van der Waals surface area (Å²) in [4.78, 5) is 3.81. The SMILES string of the molecule is OCCCOc1ccc(N=C=S)cc1. The highest BCUT2D eigenvalue weighted by Crippen LogP contribution is 2.17. The van der Waals surface area contributed by atoms with Crippen LogP contribution in [-0.2, 0) is 0 Å². The lowest BCUT2D eigenvalue weighted by Gasteiger charge is -2.04. The Bertz CT molecular complexity index is 317. The van der Waals surface area contributed by atoms with Gasteiger partial charge in [0.15, 0.2) is 0 Å². The number of isothiocyanates is 1. The molecule has 0 saturated carbocycles. The summed E-state index contributed by atoms with van der Waals surface area (Å²) in [6.45, 7) is 0.666. The number of aliphatic hydroxyl groups is 1. The minimum atomic E-state index is 0.146. The molecule has 1 aromatic carbocycles. The molecule has 14 heavy (non-hydrogen) atoms. The number of hydrogen-bond acceptors (Lipinski definition) is 4. The van der Waals surface area contributed by atoms with Gasteiger partial charge in [-0.1, -0.05) is 0 Å². The Labute approximate surface area is 88.1 Å². The molecule has 4 heteroatoms. The van der Waals surface area contributed by atoms with Crippen LogP contribution >= 0.6 is 12.2 Å².